The molecule has 5 heteroatoms. The van der Waals surface area contributed by atoms with E-state index in [-0.39, 0.29) is 11.1 Å². The number of hydrogen-bond acceptors (Lipinski definition) is 1. The molecule has 0 aliphatic carbocycles. The number of carbonyl (C=O) groups is 1. The minimum absolute atomic E-state index is 0.0185. The first-order valence-electron chi connectivity index (χ1n) is 5.31. The molecule has 0 aliphatic heterocycles. The molecule has 0 spiro atoms. The summed E-state index contributed by atoms with van der Waals surface area (Å²) in [7, 11) is 0. The second-order valence-electron chi connectivity index (χ2n) is 3.65. The van der Waals surface area contributed by atoms with Gasteiger partial charge in [0.1, 0.15) is 5.82 Å². The molecule has 0 radical (unpaired) electrons. The van der Waals surface area contributed by atoms with Crippen LogP contribution < -0.4 is 0 Å². The highest BCUT2D eigenvalue weighted by molar-refractivity contribution is 14.1. The number of benzene rings is 2. The summed E-state index contributed by atoms with van der Waals surface area (Å²) in [6.45, 7) is 1.44. The zero-order valence-electron chi connectivity index (χ0n) is 10.0. The molecular formula is C14H11BrFIO2. The van der Waals surface area contributed by atoms with Gasteiger partial charge in [-0.25, -0.2) is 9.18 Å². The molecule has 0 unspecified atom stereocenters. The van der Waals surface area contributed by atoms with Crippen molar-refractivity contribution in [2.75, 3.05) is 0 Å². The summed E-state index contributed by atoms with van der Waals surface area (Å²) in [5.41, 5.74) is 0.199. The van der Waals surface area contributed by atoms with Crippen molar-refractivity contribution in [3.8, 4) is 0 Å². The fraction of sp³-hybridized carbons (Fsp3) is 0.0714. The van der Waals surface area contributed by atoms with Crippen molar-refractivity contribution in [1.29, 1.82) is 0 Å². The normalized spacial score (nSPS) is 9.47. The zero-order valence-corrected chi connectivity index (χ0v) is 13.8. The van der Waals surface area contributed by atoms with Crippen LogP contribution in [-0.2, 0) is 0 Å². The smallest absolute Gasteiger partial charge is 0.336 e. The Bertz CT molecular complexity index is 549. The molecule has 0 saturated heterocycles. The van der Waals surface area contributed by atoms with E-state index in [9.17, 15) is 9.18 Å². The first-order chi connectivity index (χ1) is 8.91. The van der Waals surface area contributed by atoms with Crippen molar-refractivity contribution < 1.29 is 14.3 Å². The van der Waals surface area contributed by atoms with E-state index in [1.807, 2.05) is 12.1 Å². The van der Waals surface area contributed by atoms with Gasteiger partial charge in [-0.05, 0) is 71.5 Å². The highest BCUT2D eigenvalue weighted by Crippen LogP contribution is 2.12. The lowest BCUT2D eigenvalue weighted by Gasteiger charge is -1.99. The molecule has 0 heterocycles. The average Bonchev–Trinajstić information content (AvgIpc) is 2.37. The highest BCUT2D eigenvalue weighted by Gasteiger charge is 2.08. The number of aromatic carboxylic acids is 1. The Kier molecular flexibility index (Phi) is 6.44. The predicted molar refractivity (Wildman–Crippen MR) is 85.0 cm³/mol. The van der Waals surface area contributed by atoms with Crippen LogP contribution >= 0.6 is 38.5 Å². The Morgan fingerprint density at radius 3 is 2.21 bits per heavy atom. The van der Waals surface area contributed by atoms with E-state index in [4.69, 9.17) is 5.11 Å². The molecule has 0 atom stereocenters. The van der Waals surface area contributed by atoms with E-state index in [1.165, 1.54) is 28.7 Å². The average molecular weight is 437 g/mol. The zero-order chi connectivity index (χ0) is 14.4. The van der Waals surface area contributed by atoms with Crippen molar-refractivity contribution >= 4 is 44.5 Å². The summed E-state index contributed by atoms with van der Waals surface area (Å²) in [5.74, 6) is -1.58. The van der Waals surface area contributed by atoms with Gasteiger partial charge in [-0.3, -0.25) is 0 Å². The van der Waals surface area contributed by atoms with Gasteiger partial charge >= 0.3 is 5.97 Å². The third-order valence-electron chi connectivity index (χ3n) is 2.30. The lowest BCUT2D eigenvalue weighted by molar-refractivity contribution is 0.0695. The van der Waals surface area contributed by atoms with Gasteiger partial charge in [0.05, 0.1) is 5.56 Å². The maximum absolute atomic E-state index is 12.7. The molecule has 0 bridgehead atoms. The Morgan fingerprint density at radius 2 is 1.79 bits per heavy atom. The minimum Gasteiger partial charge on any atom is -0.478 e. The molecule has 0 saturated carbocycles. The topological polar surface area (TPSA) is 37.3 Å². The highest BCUT2D eigenvalue weighted by atomic mass is 127. The fourth-order valence-corrected chi connectivity index (χ4v) is 1.89. The fourth-order valence-electron chi connectivity index (χ4n) is 1.27. The van der Waals surface area contributed by atoms with Crippen LogP contribution in [0.3, 0.4) is 0 Å². The molecule has 100 valence electrons. The largest absolute Gasteiger partial charge is 0.478 e. The van der Waals surface area contributed by atoms with Gasteiger partial charge in [-0.15, -0.1) is 0 Å². The molecule has 2 aromatic carbocycles. The molecule has 2 nitrogen and oxygen atoms in total. The molecule has 0 aromatic heterocycles. The summed E-state index contributed by atoms with van der Waals surface area (Å²) >= 11 is 5.62. The molecule has 0 aliphatic rings. The molecular weight excluding hydrogens is 426 g/mol. The standard InChI is InChI=1S/C8H7FO2.C6H4BrI/c1-5-6(8(10)11)3-2-4-7(5)9;7-5-1-3-6(8)4-2-5/h2-4H,1H3,(H,10,11);1-4H. The third kappa shape index (κ3) is 5.28. The summed E-state index contributed by atoms with van der Waals surface area (Å²) < 4.78 is 15.1. The van der Waals surface area contributed by atoms with Gasteiger partial charge in [0.25, 0.3) is 0 Å². The van der Waals surface area contributed by atoms with Crippen LogP contribution in [-0.4, -0.2) is 11.1 Å². The first kappa shape index (κ1) is 16.1. The maximum Gasteiger partial charge on any atom is 0.336 e. The summed E-state index contributed by atoms with van der Waals surface area (Å²) in [4.78, 5) is 10.4. The van der Waals surface area contributed by atoms with Crippen LogP contribution in [0.2, 0.25) is 0 Å². The lowest BCUT2D eigenvalue weighted by atomic mass is 10.1. The number of carboxylic acids is 1. The van der Waals surface area contributed by atoms with Gasteiger partial charge in [0.2, 0.25) is 0 Å². The SMILES string of the molecule is Brc1ccc(I)cc1.Cc1c(F)cccc1C(=O)O. The Morgan fingerprint density at radius 1 is 1.21 bits per heavy atom. The summed E-state index contributed by atoms with van der Waals surface area (Å²) in [5, 5.41) is 8.52. The van der Waals surface area contributed by atoms with Crippen molar-refractivity contribution in [2.24, 2.45) is 0 Å². The molecule has 0 fully saturated rings. The van der Waals surface area contributed by atoms with Crippen LogP contribution in [0, 0.1) is 16.3 Å². The number of carboxylic acid groups (broad SMARTS) is 1. The van der Waals surface area contributed by atoms with E-state index in [1.54, 1.807) is 0 Å². The molecule has 1 N–H and O–H groups in total. The number of hydrogen-bond donors (Lipinski definition) is 1. The first-order valence-corrected chi connectivity index (χ1v) is 7.18. The third-order valence-corrected chi connectivity index (χ3v) is 3.55. The van der Waals surface area contributed by atoms with Crippen LogP contribution in [0.1, 0.15) is 15.9 Å². The minimum atomic E-state index is -1.10. The van der Waals surface area contributed by atoms with E-state index in [0.717, 1.165) is 4.47 Å². The second-order valence-corrected chi connectivity index (χ2v) is 5.82. The van der Waals surface area contributed by atoms with Crippen molar-refractivity contribution in [3.05, 3.63) is 67.5 Å². The lowest BCUT2D eigenvalue weighted by Crippen LogP contribution is -2.00. The quantitative estimate of drug-likeness (QED) is 0.646. The van der Waals surface area contributed by atoms with Crippen molar-refractivity contribution in [1.82, 2.24) is 0 Å². The Hall–Kier alpha value is -0.950. The van der Waals surface area contributed by atoms with Crippen LogP contribution in [0.15, 0.2) is 46.9 Å². The molecule has 2 rings (SSSR count). The van der Waals surface area contributed by atoms with E-state index < -0.39 is 11.8 Å². The molecule has 19 heavy (non-hydrogen) atoms. The van der Waals surface area contributed by atoms with E-state index >= 15 is 0 Å². The number of rotatable bonds is 1. The summed E-state index contributed by atoms with van der Waals surface area (Å²) in [6, 6.07) is 12.2. The maximum atomic E-state index is 12.7. The van der Waals surface area contributed by atoms with Gasteiger partial charge in [0, 0.05) is 8.04 Å². The molecule has 2 aromatic rings. The Balaban J connectivity index is 0.000000200. The van der Waals surface area contributed by atoms with Gasteiger partial charge in [-0.2, -0.15) is 0 Å². The van der Waals surface area contributed by atoms with Gasteiger partial charge in [-0.1, -0.05) is 22.0 Å². The monoisotopic (exact) mass is 436 g/mol. The van der Waals surface area contributed by atoms with Crippen LogP contribution in [0.5, 0.6) is 0 Å². The van der Waals surface area contributed by atoms with Crippen LogP contribution in [0.25, 0.3) is 0 Å². The summed E-state index contributed by atoms with van der Waals surface area (Å²) in [6.07, 6.45) is 0. The van der Waals surface area contributed by atoms with Gasteiger partial charge < -0.3 is 5.11 Å². The van der Waals surface area contributed by atoms with Crippen molar-refractivity contribution in [2.45, 2.75) is 6.92 Å². The second kappa shape index (κ2) is 7.59. The van der Waals surface area contributed by atoms with E-state index in [0.29, 0.717) is 0 Å². The molecule has 0 amide bonds. The Labute approximate surface area is 132 Å². The predicted octanol–water partition coefficient (Wildman–Crippen LogP) is 4.89. The van der Waals surface area contributed by atoms with E-state index in [2.05, 4.69) is 50.7 Å². The van der Waals surface area contributed by atoms with Gasteiger partial charge in [0.15, 0.2) is 0 Å². The van der Waals surface area contributed by atoms with Crippen LogP contribution in [0.4, 0.5) is 4.39 Å². The number of halogens is 3. The van der Waals surface area contributed by atoms with Crippen molar-refractivity contribution in [3.63, 3.8) is 0 Å².